The number of Topliss-reactive ketones (excluding diaryl/α,β-unsaturated/α-hetero) is 1. The van der Waals surface area contributed by atoms with Crippen LogP contribution in [0.5, 0.6) is 0 Å². The van der Waals surface area contributed by atoms with E-state index in [2.05, 4.69) is 5.10 Å². The van der Waals surface area contributed by atoms with Crippen LogP contribution in [0, 0.1) is 0 Å². The molecule has 31 heavy (non-hydrogen) atoms. The average molecular weight is 426 g/mol. The van der Waals surface area contributed by atoms with Crippen LogP contribution in [0.3, 0.4) is 0 Å². The van der Waals surface area contributed by atoms with Crippen LogP contribution in [0.2, 0.25) is 0 Å². The number of amides is 2. The lowest BCUT2D eigenvalue weighted by atomic mass is 9.96. The molecule has 2 atom stereocenters. The zero-order chi connectivity index (χ0) is 22.3. The number of fused-ring (bicyclic) bond motifs is 4. The number of aromatic nitrogens is 2. The highest BCUT2D eigenvalue weighted by Crippen LogP contribution is 2.43. The molecule has 2 aromatic rings. The van der Waals surface area contributed by atoms with Gasteiger partial charge in [0.1, 0.15) is 30.8 Å². The molecule has 1 saturated heterocycles. The Bertz CT molecular complexity index is 1010. The van der Waals surface area contributed by atoms with Crippen molar-refractivity contribution in [1.82, 2.24) is 19.7 Å². The second-order valence-electron chi connectivity index (χ2n) is 8.80. The normalized spacial score (nSPS) is 20.1. The fourth-order valence-electron chi connectivity index (χ4n) is 3.97. The van der Waals surface area contributed by atoms with E-state index < -0.39 is 23.7 Å². The molecule has 9 nitrogen and oxygen atoms in total. The summed E-state index contributed by atoms with van der Waals surface area (Å²) in [6.07, 6.45) is 1.70. The molecule has 1 aromatic heterocycles. The van der Waals surface area contributed by atoms with E-state index in [1.165, 1.54) is 21.6 Å². The number of hydrogen-bond donors (Lipinski definition) is 0. The molecule has 1 aromatic carbocycles. The van der Waals surface area contributed by atoms with E-state index in [0.717, 1.165) is 5.56 Å². The Balaban J connectivity index is 1.59. The van der Waals surface area contributed by atoms with Crippen molar-refractivity contribution in [3.05, 3.63) is 53.3 Å². The minimum absolute atomic E-state index is 0.0829. The van der Waals surface area contributed by atoms with E-state index in [4.69, 9.17) is 9.57 Å². The van der Waals surface area contributed by atoms with Crippen LogP contribution in [0.4, 0.5) is 4.79 Å². The van der Waals surface area contributed by atoms with Gasteiger partial charge in [0.2, 0.25) is 0 Å². The standard InChI is InChI=1S/C22H26N4O5/c1-14(27)20-19-16(10-24(23-19)12-18(28)31-22(2,3)4)17-11-25(20)21(29)26(17)30-13-15-8-6-5-7-9-15/h5-10,17,20H,11-13H2,1-4H3/t17-,20+/m0/s1. The van der Waals surface area contributed by atoms with Gasteiger partial charge in [0.05, 0.1) is 12.2 Å². The highest BCUT2D eigenvalue weighted by molar-refractivity contribution is 5.90. The van der Waals surface area contributed by atoms with E-state index >= 15 is 0 Å². The van der Waals surface area contributed by atoms with E-state index in [9.17, 15) is 14.4 Å². The summed E-state index contributed by atoms with van der Waals surface area (Å²) < 4.78 is 6.84. The maximum atomic E-state index is 13.0. The third-order valence-electron chi connectivity index (χ3n) is 5.15. The largest absolute Gasteiger partial charge is 0.459 e. The lowest BCUT2D eigenvalue weighted by Gasteiger charge is -2.27. The highest BCUT2D eigenvalue weighted by Gasteiger charge is 2.51. The molecule has 0 spiro atoms. The predicted molar refractivity (Wildman–Crippen MR) is 109 cm³/mol. The average Bonchev–Trinajstić information content (AvgIpc) is 3.20. The number of ketones is 1. The zero-order valence-corrected chi connectivity index (χ0v) is 18.1. The number of rotatable bonds is 6. The lowest BCUT2D eigenvalue weighted by molar-refractivity contribution is -0.155. The van der Waals surface area contributed by atoms with Gasteiger partial charge in [0.25, 0.3) is 0 Å². The minimum atomic E-state index is -0.802. The quantitative estimate of drug-likeness (QED) is 0.660. The first kappa shape index (κ1) is 21.0. The Kier molecular flexibility index (Phi) is 5.30. The highest BCUT2D eigenvalue weighted by atomic mass is 16.7. The van der Waals surface area contributed by atoms with Gasteiger partial charge in [-0.05, 0) is 33.3 Å². The molecule has 9 heteroatoms. The number of benzene rings is 1. The van der Waals surface area contributed by atoms with Gasteiger partial charge in [-0.25, -0.2) is 4.79 Å². The molecule has 2 aliphatic rings. The molecule has 1 fully saturated rings. The third kappa shape index (κ3) is 4.18. The van der Waals surface area contributed by atoms with Crippen molar-refractivity contribution in [3.8, 4) is 0 Å². The Morgan fingerprint density at radius 3 is 2.55 bits per heavy atom. The van der Waals surface area contributed by atoms with Gasteiger partial charge in [-0.3, -0.25) is 19.1 Å². The summed E-state index contributed by atoms with van der Waals surface area (Å²) in [4.78, 5) is 45.0. The van der Waals surface area contributed by atoms with E-state index in [-0.39, 0.29) is 25.0 Å². The summed E-state index contributed by atoms with van der Waals surface area (Å²) in [5.41, 5.74) is 1.51. The summed E-state index contributed by atoms with van der Waals surface area (Å²) >= 11 is 0. The molecule has 3 heterocycles. The molecule has 2 aliphatic heterocycles. The first-order valence-electron chi connectivity index (χ1n) is 10.2. The summed E-state index contributed by atoms with van der Waals surface area (Å²) in [5.74, 6) is -0.620. The van der Waals surface area contributed by atoms with Crippen LogP contribution >= 0.6 is 0 Å². The molecule has 2 bridgehead atoms. The first-order chi connectivity index (χ1) is 14.6. The van der Waals surface area contributed by atoms with Crippen LogP contribution in [0.15, 0.2) is 36.5 Å². The van der Waals surface area contributed by atoms with Crippen molar-refractivity contribution in [1.29, 1.82) is 0 Å². The predicted octanol–water partition coefficient (Wildman–Crippen LogP) is 2.78. The zero-order valence-electron chi connectivity index (χ0n) is 18.1. The van der Waals surface area contributed by atoms with Crippen molar-refractivity contribution in [2.75, 3.05) is 6.54 Å². The van der Waals surface area contributed by atoms with Gasteiger partial charge in [0, 0.05) is 11.8 Å². The maximum Gasteiger partial charge on any atom is 0.345 e. The van der Waals surface area contributed by atoms with Crippen molar-refractivity contribution in [2.24, 2.45) is 0 Å². The second kappa shape index (κ2) is 7.81. The van der Waals surface area contributed by atoms with Gasteiger partial charge >= 0.3 is 12.0 Å². The summed E-state index contributed by atoms with van der Waals surface area (Å²) in [7, 11) is 0. The fourth-order valence-corrected chi connectivity index (χ4v) is 3.97. The Labute approximate surface area is 180 Å². The summed E-state index contributed by atoms with van der Waals surface area (Å²) in [5, 5.41) is 5.78. The van der Waals surface area contributed by atoms with Gasteiger partial charge in [0.15, 0.2) is 5.78 Å². The van der Waals surface area contributed by atoms with Crippen LogP contribution in [-0.2, 0) is 32.3 Å². The number of nitrogens with zero attached hydrogens (tertiary/aromatic N) is 4. The molecule has 0 radical (unpaired) electrons. The topological polar surface area (TPSA) is 94.0 Å². The number of hydrogen-bond acceptors (Lipinski definition) is 6. The van der Waals surface area contributed by atoms with Crippen molar-refractivity contribution < 1.29 is 24.0 Å². The monoisotopic (exact) mass is 426 g/mol. The van der Waals surface area contributed by atoms with Crippen LogP contribution in [0.1, 0.15) is 56.6 Å². The Morgan fingerprint density at radius 1 is 1.19 bits per heavy atom. The van der Waals surface area contributed by atoms with Gasteiger partial charge in [-0.15, -0.1) is 0 Å². The van der Waals surface area contributed by atoms with Crippen LogP contribution < -0.4 is 0 Å². The number of esters is 1. The number of hydroxylamine groups is 2. The molecule has 2 amide bonds. The third-order valence-corrected chi connectivity index (χ3v) is 5.15. The van der Waals surface area contributed by atoms with Crippen LogP contribution in [0.25, 0.3) is 0 Å². The molecular weight excluding hydrogens is 400 g/mol. The van der Waals surface area contributed by atoms with Crippen molar-refractivity contribution in [2.45, 2.75) is 58.5 Å². The van der Waals surface area contributed by atoms with E-state index in [1.54, 1.807) is 27.0 Å². The van der Waals surface area contributed by atoms with Crippen LogP contribution in [-0.4, -0.2) is 49.7 Å². The Morgan fingerprint density at radius 2 is 1.90 bits per heavy atom. The van der Waals surface area contributed by atoms with Crippen molar-refractivity contribution >= 4 is 17.8 Å². The lowest BCUT2D eigenvalue weighted by Crippen LogP contribution is -2.37. The Hall–Kier alpha value is -3.20. The summed E-state index contributed by atoms with van der Waals surface area (Å²) in [6.45, 7) is 7.29. The number of carbonyl (C=O) groups excluding carboxylic acids is 3. The number of urea groups is 1. The molecule has 0 N–H and O–H groups in total. The van der Waals surface area contributed by atoms with Crippen molar-refractivity contribution in [3.63, 3.8) is 0 Å². The first-order valence-corrected chi connectivity index (χ1v) is 10.2. The molecule has 4 rings (SSSR count). The second-order valence-corrected chi connectivity index (χ2v) is 8.80. The van der Waals surface area contributed by atoms with Gasteiger partial charge in [-0.1, -0.05) is 30.3 Å². The van der Waals surface area contributed by atoms with Gasteiger partial charge < -0.3 is 9.64 Å². The molecular formula is C22H26N4O5. The SMILES string of the molecule is CC(=O)[C@@H]1c2nn(CC(=O)OC(C)(C)C)cc2[C@@H]2CN1C(=O)N2OCc1ccccc1. The fraction of sp³-hybridized carbons (Fsp3) is 0.455. The molecule has 0 unspecified atom stereocenters. The smallest absolute Gasteiger partial charge is 0.345 e. The molecule has 0 saturated carbocycles. The summed E-state index contributed by atoms with van der Waals surface area (Å²) in [6, 6.07) is 7.96. The maximum absolute atomic E-state index is 13.0. The number of carbonyl (C=O) groups is 3. The van der Waals surface area contributed by atoms with E-state index in [1.807, 2.05) is 30.3 Å². The van der Waals surface area contributed by atoms with E-state index in [0.29, 0.717) is 17.8 Å². The number of ether oxygens (including phenoxy) is 1. The van der Waals surface area contributed by atoms with Gasteiger partial charge in [-0.2, -0.15) is 10.2 Å². The minimum Gasteiger partial charge on any atom is -0.459 e. The molecule has 164 valence electrons. The molecule has 0 aliphatic carbocycles.